The van der Waals surface area contributed by atoms with E-state index in [1.165, 1.54) is 0 Å². The smallest absolute Gasteiger partial charge is 0.124 e. The molecular formula is C18H16O2. The molecule has 100 valence electrons. The Balaban J connectivity index is 1.95. The molecule has 1 fully saturated rings. The third-order valence-corrected chi connectivity index (χ3v) is 4.34. The van der Waals surface area contributed by atoms with Crippen molar-refractivity contribution in [3.05, 3.63) is 71.8 Å². The summed E-state index contributed by atoms with van der Waals surface area (Å²) in [5.74, 6) is -0.210. The van der Waals surface area contributed by atoms with Gasteiger partial charge in [-0.15, -0.1) is 0 Å². The zero-order valence-corrected chi connectivity index (χ0v) is 11.1. The van der Waals surface area contributed by atoms with Crippen LogP contribution in [0.25, 0.3) is 0 Å². The van der Waals surface area contributed by atoms with E-state index in [-0.39, 0.29) is 23.7 Å². The molecule has 0 aromatic heterocycles. The van der Waals surface area contributed by atoms with E-state index in [1.807, 2.05) is 60.7 Å². The molecule has 0 bridgehead atoms. The highest BCUT2D eigenvalue weighted by Gasteiger charge is 2.51. The van der Waals surface area contributed by atoms with Gasteiger partial charge >= 0.3 is 0 Å². The van der Waals surface area contributed by atoms with Gasteiger partial charge in [0.25, 0.3) is 0 Å². The summed E-state index contributed by atoms with van der Waals surface area (Å²) in [6.45, 7) is 0. The van der Waals surface area contributed by atoms with E-state index in [2.05, 4.69) is 0 Å². The van der Waals surface area contributed by atoms with Crippen molar-refractivity contribution in [2.75, 3.05) is 0 Å². The number of hydrogen-bond donors (Lipinski definition) is 0. The first-order chi connectivity index (χ1) is 9.86. The van der Waals surface area contributed by atoms with Crippen LogP contribution < -0.4 is 0 Å². The topological polar surface area (TPSA) is 34.1 Å². The molecule has 0 spiro atoms. The second-order valence-electron chi connectivity index (χ2n) is 5.30. The van der Waals surface area contributed by atoms with E-state index in [9.17, 15) is 9.59 Å². The van der Waals surface area contributed by atoms with Gasteiger partial charge in [-0.05, 0) is 11.1 Å². The van der Waals surface area contributed by atoms with Crippen molar-refractivity contribution in [3.63, 3.8) is 0 Å². The van der Waals surface area contributed by atoms with Gasteiger partial charge in [0.05, 0.1) is 0 Å². The lowest BCUT2D eigenvalue weighted by molar-refractivity contribution is -0.124. The average Bonchev–Trinajstić information content (AvgIpc) is 2.49. The first-order valence-electron chi connectivity index (χ1n) is 6.87. The summed E-state index contributed by atoms with van der Waals surface area (Å²) in [5.41, 5.74) is 2.16. The van der Waals surface area contributed by atoms with Gasteiger partial charge < -0.3 is 9.59 Å². The molecule has 20 heavy (non-hydrogen) atoms. The number of carbonyl (C=O) groups excluding carboxylic acids is 2. The Labute approximate surface area is 118 Å². The Morgan fingerprint density at radius 1 is 0.600 bits per heavy atom. The minimum atomic E-state index is -0.116. The van der Waals surface area contributed by atoms with E-state index in [0.29, 0.717) is 0 Å². The predicted octanol–water partition coefficient (Wildman–Crippen LogP) is 3.20. The fraction of sp³-hybridized carbons (Fsp3) is 0.222. The second-order valence-corrected chi connectivity index (χ2v) is 5.30. The normalized spacial score (nSPS) is 28.4. The van der Waals surface area contributed by atoms with E-state index in [0.717, 1.165) is 23.7 Å². The van der Waals surface area contributed by atoms with E-state index >= 15 is 0 Å². The Morgan fingerprint density at radius 3 is 1.25 bits per heavy atom. The van der Waals surface area contributed by atoms with Crippen molar-refractivity contribution < 1.29 is 9.59 Å². The van der Waals surface area contributed by atoms with Crippen molar-refractivity contribution in [2.45, 2.75) is 11.8 Å². The molecule has 0 atom stereocenters. The van der Waals surface area contributed by atoms with Crippen molar-refractivity contribution in [3.8, 4) is 0 Å². The first kappa shape index (κ1) is 12.8. The molecule has 1 saturated carbocycles. The highest BCUT2D eigenvalue weighted by Crippen LogP contribution is 2.55. The van der Waals surface area contributed by atoms with Crippen molar-refractivity contribution in [1.82, 2.24) is 0 Å². The van der Waals surface area contributed by atoms with Crippen LogP contribution in [-0.2, 0) is 9.59 Å². The molecule has 0 amide bonds. The summed E-state index contributed by atoms with van der Waals surface area (Å²) in [5, 5.41) is 0. The largest absolute Gasteiger partial charge is 0.303 e. The van der Waals surface area contributed by atoms with Gasteiger partial charge in [0.2, 0.25) is 0 Å². The third kappa shape index (κ3) is 1.97. The van der Waals surface area contributed by atoms with Crippen molar-refractivity contribution >= 4 is 12.6 Å². The third-order valence-electron chi connectivity index (χ3n) is 4.34. The lowest BCUT2D eigenvalue weighted by Crippen LogP contribution is -2.45. The van der Waals surface area contributed by atoms with Gasteiger partial charge in [0.15, 0.2) is 0 Å². The summed E-state index contributed by atoms with van der Waals surface area (Å²) < 4.78 is 0. The van der Waals surface area contributed by atoms with E-state index < -0.39 is 0 Å². The number of aldehydes is 2. The standard InChI is InChI=1S/C18H16O2/c19-11-15-17(13-7-3-1-4-8-13)16(12-20)18(15)14-9-5-2-6-10-14/h1-12,15-18H/t15-,16+,17-,18-. The Hall–Kier alpha value is -2.22. The van der Waals surface area contributed by atoms with Crippen LogP contribution in [0, 0.1) is 11.8 Å². The summed E-state index contributed by atoms with van der Waals surface area (Å²) in [4.78, 5) is 23.0. The Kier molecular flexibility index (Phi) is 3.46. The van der Waals surface area contributed by atoms with Crippen LogP contribution in [0.5, 0.6) is 0 Å². The van der Waals surface area contributed by atoms with Crippen LogP contribution in [0.15, 0.2) is 60.7 Å². The molecule has 2 heteroatoms. The monoisotopic (exact) mass is 264 g/mol. The van der Waals surface area contributed by atoms with Crippen molar-refractivity contribution in [2.24, 2.45) is 11.8 Å². The van der Waals surface area contributed by atoms with Crippen LogP contribution >= 0.6 is 0 Å². The second kappa shape index (κ2) is 5.41. The summed E-state index contributed by atoms with van der Waals surface area (Å²) >= 11 is 0. The van der Waals surface area contributed by atoms with Gasteiger partial charge in [-0.2, -0.15) is 0 Å². The zero-order chi connectivity index (χ0) is 13.9. The highest BCUT2D eigenvalue weighted by atomic mass is 16.1. The lowest BCUT2D eigenvalue weighted by Gasteiger charge is -2.47. The van der Waals surface area contributed by atoms with Gasteiger partial charge in [0, 0.05) is 23.7 Å². The summed E-state index contributed by atoms with van der Waals surface area (Å²) in [6, 6.07) is 19.7. The summed E-state index contributed by atoms with van der Waals surface area (Å²) in [7, 11) is 0. The molecule has 0 heterocycles. The Bertz CT molecular complexity index is 528. The molecule has 0 saturated heterocycles. The van der Waals surface area contributed by atoms with Crippen LogP contribution in [0.3, 0.4) is 0 Å². The maximum atomic E-state index is 11.5. The van der Waals surface area contributed by atoms with E-state index in [1.54, 1.807) is 0 Å². The average molecular weight is 264 g/mol. The first-order valence-corrected chi connectivity index (χ1v) is 6.87. The molecule has 2 aromatic carbocycles. The van der Waals surface area contributed by atoms with Crippen LogP contribution in [0.4, 0.5) is 0 Å². The zero-order valence-electron chi connectivity index (χ0n) is 11.1. The molecule has 1 aliphatic rings. The van der Waals surface area contributed by atoms with E-state index in [4.69, 9.17) is 0 Å². The van der Waals surface area contributed by atoms with Crippen molar-refractivity contribution in [1.29, 1.82) is 0 Å². The molecule has 0 unspecified atom stereocenters. The van der Waals surface area contributed by atoms with Gasteiger partial charge in [-0.3, -0.25) is 0 Å². The number of carbonyl (C=O) groups is 2. The van der Waals surface area contributed by atoms with Gasteiger partial charge in [-0.1, -0.05) is 60.7 Å². The van der Waals surface area contributed by atoms with Crippen LogP contribution in [0.2, 0.25) is 0 Å². The van der Waals surface area contributed by atoms with Crippen LogP contribution in [-0.4, -0.2) is 12.6 Å². The minimum absolute atomic E-state index is 0.0106. The summed E-state index contributed by atoms with van der Waals surface area (Å²) in [6.07, 6.45) is 2.02. The van der Waals surface area contributed by atoms with Gasteiger partial charge in [0.1, 0.15) is 12.6 Å². The molecule has 2 nitrogen and oxygen atoms in total. The fourth-order valence-electron chi connectivity index (χ4n) is 3.39. The van der Waals surface area contributed by atoms with Crippen LogP contribution in [0.1, 0.15) is 23.0 Å². The number of rotatable bonds is 4. The molecule has 1 aliphatic carbocycles. The molecule has 2 aromatic rings. The maximum absolute atomic E-state index is 11.5. The molecule has 0 aliphatic heterocycles. The molecular weight excluding hydrogens is 248 g/mol. The quantitative estimate of drug-likeness (QED) is 0.795. The highest BCUT2D eigenvalue weighted by molar-refractivity contribution is 5.71. The van der Waals surface area contributed by atoms with Gasteiger partial charge in [-0.25, -0.2) is 0 Å². The lowest BCUT2D eigenvalue weighted by atomic mass is 9.53. The SMILES string of the molecule is O=C[C@H]1[C@H](c2ccccc2)[C@@H](C=O)[C@H]1c1ccccc1. The molecule has 0 N–H and O–H groups in total. The number of hydrogen-bond acceptors (Lipinski definition) is 2. The minimum Gasteiger partial charge on any atom is -0.303 e. The predicted molar refractivity (Wildman–Crippen MR) is 77.5 cm³/mol. The fourth-order valence-corrected chi connectivity index (χ4v) is 3.39. The molecule has 3 rings (SSSR count). The Morgan fingerprint density at radius 2 is 0.950 bits per heavy atom. The maximum Gasteiger partial charge on any atom is 0.124 e. The number of benzene rings is 2. The molecule has 0 radical (unpaired) electrons.